The van der Waals surface area contributed by atoms with Crippen LogP contribution in [0.5, 0.6) is 11.5 Å². The fourth-order valence-corrected chi connectivity index (χ4v) is 4.20. The van der Waals surface area contributed by atoms with Crippen molar-refractivity contribution in [2.24, 2.45) is 0 Å². The van der Waals surface area contributed by atoms with E-state index in [2.05, 4.69) is 25.9 Å². The summed E-state index contributed by atoms with van der Waals surface area (Å²) in [6.07, 6.45) is 2.94. The molecule has 0 bridgehead atoms. The van der Waals surface area contributed by atoms with Gasteiger partial charge in [-0.1, -0.05) is 12.1 Å². The van der Waals surface area contributed by atoms with Gasteiger partial charge < -0.3 is 19.4 Å². The number of aryl methyl sites for hydroxylation is 1. The lowest BCUT2D eigenvalue weighted by molar-refractivity contribution is -0.120. The number of thiazole rings is 1. The summed E-state index contributed by atoms with van der Waals surface area (Å²) in [5, 5.41) is 5.74. The number of aromatic nitrogens is 3. The lowest BCUT2D eigenvalue weighted by atomic mass is 10.2. The smallest absolute Gasteiger partial charge is 0.226 e. The van der Waals surface area contributed by atoms with E-state index in [-0.39, 0.29) is 12.3 Å². The Morgan fingerprint density at radius 3 is 2.81 bits per heavy atom. The second-order valence-electron chi connectivity index (χ2n) is 7.02. The number of nitrogens with one attached hydrogen (secondary N) is 1. The van der Waals surface area contributed by atoms with E-state index in [4.69, 9.17) is 9.47 Å². The van der Waals surface area contributed by atoms with Crippen LogP contribution in [0.15, 0.2) is 54.2 Å². The van der Waals surface area contributed by atoms with Crippen LogP contribution in [0.4, 0.5) is 0 Å². The third kappa shape index (κ3) is 4.86. The van der Waals surface area contributed by atoms with Gasteiger partial charge in [0.2, 0.25) is 5.91 Å². The average Bonchev–Trinajstić information content (AvgIpc) is 3.43. The van der Waals surface area contributed by atoms with Crippen molar-refractivity contribution in [1.29, 1.82) is 0 Å². The Balaban J connectivity index is 1.28. The normalized spacial score (nSPS) is 10.9. The van der Waals surface area contributed by atoms with E-state index >= 15 is 0 Å². The highest BCUT2D eigenvalue weighted by atomic mass is 32.1. The van der Waals surface area contributed by atoms with Crippen LogP contribution in [0.25, 0.3) is 21.6 Å². The van der Waals surface area contributed by atoms with Crippen molar-refractivity contribution >= 4 is 28.3 Å². The summed E-state index contributed by atoms with van der Waals surface area (Å²) in [6.45, 7) is 1.42. The molecule has 0 saturated carbocycles. The van der Waals surface area contributed by atoms with Gasteiger partial charge in [0.15, 0.2) is 11.5 Å². The molecule has 0 aliphatic carbocycles. The van der Waals surface area contributed by atoms with E-state index in [0.717, 1.165) is 40.3 Å². The first kappa shape index (κ1) is 20.9. The summed E-state index contributed by atoms with van der Waals surface area (Å²) in [5.41, 5.74) is 3.79. The van der Waals surface area contributed by atoms with Crippen LogP contribution in [0.3, 0.4) is 0 Å². The topological polar surface area (TPSA) is 78.3 Å². The number of nitrogens with zero attached hydrogens (tertiary/aromatic N) is 3. The van der Waals surface area contributed by atoms with Crippen LogP contribution in [0.2, 0.25) is 0 Å². The molecule has 0 aliphatic heterocycles. The van der Waals surface area contributed by atoms with Crippen LogP contribution in [0, 0.1) is 0 Å². The van der Waals surface area contributed by atoms with Crippen molar-refractivity contribution in [3.8, 4) is 22.1 Å². The molecule has 0 atom stereocenters. The fourth-order valence-electron chi connectivity index (χ4n) is 3.38. The number of ether oxygens (including phenoxy) is 2. The third-order valence-electron chi connectivity index (χ3n) is 4.95. The van der Waals surface area contributed by atoms with E-state index in [1.54, 1.807) is 14.2 Å². The lowest BCUT2D eigenvalue weighted by Gasteiger charge is -2.08. The molecular weight excluding hydrogens is 412 g/mol. The van der Waals surface area contributed by atoms with Gasteiger partial charge in [-0.15, -0.1) is 11.3 Å². The molecule has 0 fully saturated rings. The quantitative estimate of drug-likeness (QED) is 0.402. The van der Waals surface area contributed by atoms with Crippen molar-refractivity contribution in [2.45, 2.75) is 19.4 Å². The maximum absolute atomic E-state index is 12.3. The second-order valence-corrected chi connectivity index (χ2v) is 7.88. The highest BCUT2D eigenvalue weighted by Crippen LogP contribution is 2.33. The predicted molar refractivity (Wildman–Crippen MR) is 122 cm³/mol. The molecule has 4 rings (SSSR count). The molecule has 4 aromatic rings. The molecule has 0 aliphatic rings. The van der Waals surface area contributed by atoms with Gasteiger partial charge in [0, 0.05) is 24.0 Å². The molecule has 160 valence electrons. The van der Waals surface area contributed by atoms with E-state index < -0.39 is 0 Å². The standard InChI is InChI=1S/C23H24N4O3S/c1-29-20-9-8-16(12-21(20)30-2)23-26-17(14-31-23)13-22(28)24-10-5-11-27-15-25-18-6-3-4-7-19(18)27/h3-4,6-9,12,14-15H,5,10-11,13H2,1-2H3,(H,24,28). The maximum Gasteiger partial charge on any atom is 0.226 e. The van der Waals surface area contributed by atoms with E-state index in [0.29, 0.717) is 18.0 Å². The zero-order valence-corrected chi connectivity index (χ0v) is 18.3. The fraction of sp³-hybridized carbons (Fsp3) is 0.261. The molecule has 0 radical (unpaired) electrons. The monoisotopic (exact) mass is 436 g/mol. The summed E-state index contributed by atoms with van der Waals surface area (Å²) < 4.78 is 12.7. The summed E-state index contributed by atoms with van der Waals surface area (Å²) in [7, 11) is 3.21. The largest absolute Gasteiger partial charge is 0.493 e. The minimum Gasteiger partial charge on any atom is -0.493 e. The molecule has 7 nitrogen and oxygen atoms in total. The SMILES string of the molecule is COc1ccc(-c2nc(CC(=O)NCCCn3cnc4ccccc43)cs2)cc1OC. The molecule has 8 heteroatoms. The van der Waals surface area contributed by atoms with Crippen LogP contribution >= 0.6 is 11.3 Å². The minimum atomic E-state index is -0.0281. The molecule has 2 aromatic carbocycles. The number of para-hydroxylation sites is 2. The first-order valence-electron chi connectivity index (χ1n) is 10.0. The Morgan fingerprint density at radius 1 is 1.13 bits per heavy atom. The number of rotatable bonds is 9. The summed E-state index contributed by atoms with van der Waals surface area (Å²) in [4.78, 5) is 21.3. The number of imidazole rings is 1. The molecule has 2 aromatic heterocycles. The first-order valence-corrected chi connectivity index (χ1v) is 10.9. The number of benzene rings is 2. The number of carbonyl (C=O) groups is 1. The predicted octanol–water partition coefficient (Wildman–Crippen LogP) is 3.93. The van der Waals surface area contributed by atoms with Crippen LogP contribution in [-0.2, 0) is 17.8 Å². The second kappa shape index (κ2) is 9.61. The number of carbonyl (C=O) groups excluding carboxylic acids is 1. The van der Waals surface area contributed by atoms with Gasteiger partial charge >= 0.3 is 0 Å². The van der Waals surface area contributed by atoms with Crippen molar-refractivity contribution < 1.29 is 14.3 Å². The summed E-state index contributed by atoms with van der Waals surface area (Å²) >= 11 is 1.51. The van der Waals surface area contributed by atoms with Gasteiger partial charge in [-0.05, 0) is 36.8 Å². The minimum absolute atomic E-state index is 0.0281. The van der Waals surface area contributed by atoms with E-state index in [1.807, 2.05) is 48.1 Å². The zero-order chi connectivity index (χ0) is 21.6. The van der Waals surface area contributed by atoms with Gasteiger partial charge in [-0.25, -0.2) is 9.97 Å². The Morgan fingerprint density at radius 2 is 1.97 bits per heavy atom. The highest BCUT2D eigenvalue weighted by molar-refractivity contribution is 7.13. The molecule has 2 heterocycles. The van der Waals surface area contributed by atoms with E-state index in [1.165, 1.54) is 11.3 Å². The highest BCUT2D eigenvalue weighted by Gasteiger charge is 2.12. The molecule has 0 saturated heterocycles. The summed E-state index contributed by atoms with van der Waals surface area (Å²) in [6, 6.07) is 13.7. The Labute approximate surface area is 184 Å². The number of fused-ring (bicyclic) bond motifs is 1. The third-order valence-corrected chi connectivity index (χ3v) is 5.89. The molecule has 0 spiro atoms. The van der Waals surface area contributed by atoms with Gasteiger partial charge in [-0.3, -0.25) is 4.79 Å². The summed E-state index contributed by atoms with van der Waals surface area (Å²) in [5.74, 6) is 1.30. The van der Waals surface area contributed by atoms with Crippen LogP contribution < -0.4 is 14.8 Å². The molecule has 1 N–H and O–H groups in total. The van der Waals surface area contributed by atoms with Gasteiger partial charge in [0.05, 0.1) is 43.7 Å². The molecular formula is C23H24N4O3S. The van der Waals surface area contributed by atoms with Crippen molar-refractivity contribution in [3.63, 3.8) is 0 Å². The Hall–Kier alpha value is -3.39. The average molecular weight is 437 g/mol. The Bertz CT molecular complexity index is 1180. The van der Waals surface area contributed by atoms with E-state index in [9.17, 15) is 4.79 Å². The number of methoxy groups -OCH3 is 2. The zero-order valence-electron chi connectivity index (χ0n) is 17.5. The lowest BCUT2D eigenvalue weighted by Crippen LogP contribution is -2.26. The molecule has 1 amide bonds. The number of amides is 1. The maximum atomic E-state index is 12.3. The van der Waals surface area contributed by atoms with Crippen molar-refractivity contribution in [2.75, 3.05) is 20.8 Å². The van der Waals surface area contributed by atoms with Crippen LogP contribution in [-0.4, -0.2) is 41.2 Å². The van der Waals surface area contributed by atoms with Gasteiger partial charge in [0.1, 0.15) is 5.01 Å². The van der Waals surface area contributed by atoms with Crippen molar-refractivity contribution in [3.05, 3.63) is 59.9 Å². The van der Waals surface area contributed by atoms with Crippen LogP contribution in [0.1, 0.15) is 12.1 Å². The first-order chi connectivity index (χ1) is 15.2. The Kier molecular flexibility index (Phi) is 6.47. The number of hydrogen-bond donors (Lipinski definition) is 1. The van der Waals surface area contributed by atoms with Gasteiger partial charge in [0.25, 0.3) is 0 Å². The van der Waals surface area contributed by atoms with Gasteiger partial charge in [-0.2, -0.15) is 0 Å². The van der Waals surface area contributed by atoms with Crippen molar-refractivity contribution in [1.82, 2.24) is 19.9 Å². The molecule has 31 heavy (non-hydrogen) atoms. The molecule has 0 unspecified atom stereocenters. The number of hydrogen-bond acceptors (Lipinski definition) is 6.